The number of hydrogen-bond acceptors (Lipinski definition) is 3. The molecule has 27 heavy (non-hydrogen) atoms. The molecule has 0 atom stereocenters. The van der Waals surface area contributed by atoms with Crippen molar-refractivity contribution < 1.29 is 4.79 Å². The molecule has 142 valence electrons. The van der Waals surface area contributed by atoms with E-state index in [-0.39, 0.29) is 5.91 Å². The third-order valence-electron chi connectivity index (χ3n) is 5.28. The number of nitrogens with one attached hydrogen (secondary N) is 1. The van der Waals surface area contributed by atoms with Gasteiger partial charge < -0.3 is 14.8 Å². The van der Waals surface area contributed by atoms with Crippen molar-refractivity contribution in [2.45, 2.75) is 45.7 Å². The fourth-order valence-corrected chi connectivity index (χ4v) is 4.60. The fraction of sp³-hybridized carbons (Fsp3) is 0.409. The summed E-state index contributed by atoms with van der Waals surface area (Å²) in [4.78, 5) is 15.7. The molecular formula is C22H27N3OS. The monoisotopic (exact) mass is 381 g/mol. The molecular weight excluding hydrogens is 354 g/mol. The average molecular weight is 382 g/mol. The van der Waals surface area contributed by atoms with Gasteiger partial charge in [-0.05, 0) is 56.9 Å². The second-order valence-electron chi connectivity index (χ2n) is 7.63. The molecule has 1 N–H and O–H groups in total. The van der Waals surface area contributed by atoms with E-state index in [1.54, 1.807) is 11.3 Å². The van der Waals surface area contributed by atoms with E-state index in [0.717, 1.165) is 28.9 Å². The van der Waals surface area contributed by atoms with Gasteiger partial charge in [0.2, 0.25) is 0 Å². The Labute approximate surface area is 164 Å². The summed E-state index contributed by atoms with van der Waals surface area (Å²) in [6, 6.07) is 11.0. The molecule has 0 unspecified atom stereocenters. The molecule has 1 amide bonds. The lowest BCUT2D eigenvalue weighted by atomic mass is 10.1. The Kier molecular flexibility index (Phi) is 5.21. The first-order valence-electron chi connectivity index (χ1n) is 9.83. The first-order chi connectivity index (χ1) is 13.1. The zero-order valence-corrected chi connectivity index (χ0v) is 16.9. The Morgan fingerprint density at radius 1 is 1.11 bits per heavy atom. The lowest BCUT2D eigenvalue weighted by Gasteiger charge is -2.28. The molecule has 1 aromatic carbocycles. The minimum atomic E-state index is 0.00686. The minimum absolute atomic E-state index is 0.00686. The van der Waals surface area contributed by atoms with Gasteiger partial charge >= 0.3 is 0 Å². The first kappa shape index (κ1) is 18.1. The van der Waals surface area contributed by atoms with Crippen molar-refractivity contribution in [3.63, 3.8) is 0 Å². The summed E-state index contributed by atoms with van der Waals surface area (Å²) in [7, 11) is 0. The van der Waals surface area contributed by atoms with Crippen molar-refractivity contribution in [1.29, 1.82) is 0 Å². The number of nitrogens with zero attached hydrogens (tertiary/aromatic N) is 2. The quantitative estimate of drug-likeness (QED) is 0.659. The third kappa shape index (κ3) is 4.03. The van der Waals surface area contributed by atoms with Crippen LogP contribution in [0.5, 0.6) is 0 Å². The Bertz CT molecular complexity index is 885. The summed E-state index contributed by atoms with van der Waals surface area (Å²) in [5.74, 6) is 0.00686. The summed E-state index contributed by atoms with van der Waals surface area (Å²) in [6.45, 7) is 7.19. The number of carbonyl (C=O) groups is 1. The van der Waals surface area contributed by atoms with E-state index in [0.29, 0.717) is 12.6 Å². The fourth-order valence-electron chi connectivity index (χ4n) is 3.61. The van der Waals surface area contributed by atoms with Gasteiger partial charge in [0.15, 0.2) is 0 Å². The zero-order valence-electron chi connectivity index (χ0n) is 16.1. The highest BCUT2D eigenvalue weighted by Gasteiger charge is 2.13. The highest BCUT2D eigenvalue weighted by Crippen LogP contribution is 2.28. The number of thiophene rings is 1. The van der Waals surface area contributed by atoms with Gasteiger partial charge in [0.05, 0.1) is 9.58 Å². The molecule has 1 fully saturated rings. The molecule has 1 aliphatic heterocycles. The predicted molar refractivity (Wildman–Crippen MR) is 114 cm³/mol. The normalized spacial score (nSPS) is 14.9. The predicted octanol–water partition coefficient (Wildman–Crippen LogP) is 5.20. The van der Waals surface area contributed by atoms with Crippen molar-refractivity contribution in [1.82, 2.24) is 9.88 Å². The van der Waals surface area contributed by atoms with Crippen LogP contribution in [0.3, 0.4) is 0 Å². The summed E-state index contributed by atoms with van der Waals surface area (Å²) in [6.07, 6.45) is 8.16. The van der Waals surface area contributed by atoms with Gasteiger partial charge in [-0.1, -0.05) is 12.1 Å². The maximum absolute atomic E-state index is 12.5. The van der Waals surface area contributed by atoms with Gasteiger partial charge in [0.1, 0.15) is 0 Å². The number of rotatable bonds is 5. The van der Waals surface area contributed by atoms with Gasteiger partial charge in [0.25, 0.3) is 5.91 Å². The number of aromatic nitrogens is 1. The highest BCUT2D eigenvalue weighted by molar-refractivity contribution is 7.20. The van der Waals surface area contributed by atoms with Gasteiger partial charge in [-0.3, -0.25) is 4.79 Å². The van der Waals surface area contributed by atoms with Gasteiger partial charge in [-0.15, -0.1) is 11.3 Å². The topological polar surface area (TPSA) is 37.3 Å². The molecule has 0 aliphatic carbocycles. The Morgan fingerprint density at radius 3 is 2.52 bits per heavy atom. The van der Waals surface area contributed by atoms with Crippen molar-refractivity contribution in [3.8, 4) is 0 Å². The van der Waals surface area contributed by atoms with Crippen LogP contribution in [0.1, 0.15) is 54.4 Å². The van der Waals surface area contributed by atoms with E-state index in [4.69, 9.17) is 0 Å². The molecule has 1 aliphatic rings. The molecule has 4 nitrogen and oxygen atoms in total. The van der Waals surface area contributed by atoms with Crippen LogP contribution in [0.15, 0.2) is 42.7 Å². The van der Waals surface area contributed by atoms with Crippen LogP contribution < -0.4 is 10.2 Å². The number of amides is 1. The third-order valence-corrected chi connectivity index (χ3v) is 6.36. The van der Waals surface area contributed by atoms with Gasteiger partial charge in [0, 0.05) is 49.1 Å². The Balaban J connectivity index is 1.36. The van der Waals surface area contributed by atoms with Crippen LogP contribution in [0.2, 0.25) is 0 Å². The SMILES string of the molecule is CC(C)n1cc2cc(C(=O)NCc3ccc(N4CCCCC4)cc3)sc2c1. The molecule has 0 saturated carbocycles. The van der Waals surface area contributed by atoms with Gasteiger partial charge in [-0.25, -0.2) is 0 Å². The van der Waals surface area contributed by atoms with Crippen molar-refractivity contribution in [2.24, 2.45) is 0 Å². The molecule has 2 aromatic heterocycles. The van der Waals surface area contributed by atoms with E-state index in [9.17, 15) is 4.79 Å². The minimum Gasteiger partial charge on any atom is -0.372 e. The molecule has 3 heterocycles. The highest BCUT2D eigenvalue weighted by atomic mass is 32.1. The lowest BCUT2D eigenvalue weighted by molar-refractivity contribution is 0.0955. The van der Waals surface area contributed by atoms with Crippen molar-refractivity contribution in [2.75, 3.05) is 18.0 Å². The van der Waals surface area contributed by atoms with E-state index in [1.807, 2.05) is 6.07 Å². The molecule has 0 radical (unpaired) electrons. The lowest BCUT2D eigenvalue weighted by Crippen LogP contribution is -2.29. The maximum atomic E-state index is 12.5. The first-order valence-corrected chi connectivity index (χ1v) is 10.6. The summed E-state index contributed by atoms with van der Waals surface area (Å²) < 4.78 is 3.35. The van der Waals surface area contributed by atoms with E-state index < -0.39 is 0 Å². The number of anilines is 1. The summed E-state index contributed by atoms with van der Waals surface area (Å²) in [5.41, 5.74) is 2.43. The molecule has 3 aromatic rings. The van der Waals surface area contributed by atoms with Gasteiger partial charge in [-0.2, -0.15) is 0 Å². The number of benzene rings is 1. The van der Waals surface area contributed by atoms with Crippen LogP contribution in [0.4, 0.5) is 5.69 Å². The number of fused-ring (bicyclic) bond motifs is 1. The largest absolute Gasteiger partial charge is 0.372 e. The van der Waals surface area contributed by atoms with Crippen LogP contribution in [-0.2, 0) is 6.54 Å². The van der Waals surface area contributed by atoms with Crippen LogP contribution in [0.25, 0.3) is 10.1 Å². The second kappa shape index (κ2) is 7.77. The average Bonchev–Trinajstić information content (AvgIpc) is 3.27. The van der Waals surface area contributed by atoms with E-state index >= 15 is 0 Å². The number of hydrogen-bond donors (Lipinski definition) is 1. The zero-order chi connectivity index (χ0) is 18.8. The van der Waals surface area contributed by atoms with Crippen LogP contribution in [0, 0.1) is 0 Å². The molecule has 1 saturated heterocycles. The summed E-state index contributed by atoms with van der Waals surface area (Å²) in [5, 5.41) is 4.20. The maximum Gasteiger partial charge on any atom is 0.261 e. The standard InChI is InChI=1S/C22H27N3OS/c1-16(2)25-14-18-12-20(27-21(18)15-25)22(26)23-13-17-6-8-19(9-7-17)24-10-4-3-5-11-24/h6-9,12,14-16H,3-5,10-11,13H2,1-2H3,(H,23,26). The van der Waals surface area contributed by atoms with Crippen molar-refractivity contribution in [3.05, 3.63) is 53.2 Å². The number of piperidine rings is 1. The Hall–Kier alpha value is -2.27. The summed E-state index contributed by atoms with van der Waals surface area (Å²) >= 11 is 1.56. The smallest absolute Gasteiger partial charge is 0.261 e. The van der Waals surface area contributed by atoms with Crippen LogP contribution in [-0.4, -0.2) is 23.6 Å². The second-order valence-corrected chi connectivity index (χ2v) is 8.71. The van der Waals surface area contributed by atoms with Crippen molar-refractivity contribution >= 4 is 33.0 Å². The molecule has 0 bridgehead atoms. The molecule has 0 spiro atoms. The van der Waals surface area contributed by atoms with E-state index in [1.165, 1.54) is 29.6 Å². The molecule has 4 rings (SSSR count). The Morgan fingerprint density at radius 2 is 1.85 bits per heavy atom. The molecule has 5 heteroatoms. The van der Waals surface area contributed by atoms with Crippen LogP contribution >= 0.6 is 11.3 Å². The van der Waals surface area contributed by atoms with E-state index in [2.05, 4.69) is 65.3 Å². The number of carbonyl (C=O) groups excluding carboxylic acids is 1.